The molecule has 3 atom stereocenters. The van der Waals surface area contributed by atoms with E-state index in [0.29, 0.717) is 0 Å². The molecule has 2 aliphatic rings. The maximum Gasteiger partial charge on any atom is 0.0271 e. The van der Waals surface area contributed by atoms with Gasteiger partial charge in [-0.15, -0.1) is 0 Å². The Labute approximate surface area is 119 Å². The smallest absolute Gasteiger partial charge is 0.0271 e. The van der Waals surface area contributed by atoms with E-state index in [0.717, 1.165) is 24.5 Å². The summed E-state index contributed by atoms with van der Waals surface area (Å²) in [5.41, 5.74) is 0.243. The van der Waals surface area contributed by atoms with Crippen LogP contribution in [0.3, 0.4) is 0 Å². The van der Waals surface area contributed by atoms with Gasteiger partial charge in [0, 0.05) is 24.2 Å². The maximum atomic E-state index is 3.87. The Morgan fingerprint density at radius 3 is 2.53 bits per heavy atom. The van der Waals surface area contributed by atoms with Gasteiger partial charge in [-0.05, 0) is 66.1 Å². The molecule has 3 heteroatoms. The van der Waals surface area contributed by atoms with Crippen LogP contribution >= 0.6 is 0 Å². The highest BCUT2D eigenvalue weighted by atomic mass is 15.2. The number of hydrogen-bond donors (Lipinski definition) is 2. The molecule has 2 rings (SSSR count). The van der Waals surface area contributed by atoms with Gasteiger partial charge in [-0.25, -0.2) is 0 Å². The summed E-state index contributed by atoms with van der Waals surface area (Å²) in [4.78, 5) is 2.32. The van der Waals surface area contributed by atoms with Crippen molar-refractivity contribution in [2.75, 3.05) is 27.2 Å². The monoisotopic (exact) mass is 267 g/mol. The van der Waals surface area contributed by atoms with Crippen molar-refractivity contribution in [3.63, 3.8) is 0 Å². The fraction of sp³-hybridized carbons (Fsp3) is 1.00. The normalized spacial score (nSPS) is 33.0. The number of hydrogen-bond acceptors (Lipinski definition) is 3. The number of nitrogens with one attached hydrogen (secondary N) is 2. The van der Waals surface area contributed by atoms with Crippen molar-refractivity contribution in [2.24, 2.45) is 5.92 Å². The van der Waals surface area contributed by atoms with E-state index in [2.05, 4.69) is 43.5 Å². The molecule has 0 radical (unpaired) electrons. The zero-order valence-electron chi connectivity index (χ0n) is 13.3. The molecule has 1 aliphatic carbocycles. The van der Waals surface area contributed by atoms with Crippen LogP contribution in [0, 0.1) is 5.92 Å². The van der Waals surface area contributed by atoms with Gasteiger partial charge in [0.15, 0.2) is 0 Å². The topological polar surface area (TPSA) is 27.3 Å². The zero-order valence-corrected chi connectivity index (χ0v) is 13.3. The number of likely N-dealkylation sites (N-methyl/N-ethyl adjacent to an activating group) is 1. The van der Waals surface area contributed by atoms with Crippen LogP contribution in [0.4, 0.5) is 0 Å². The summed E-state index contributed by atoms with van der Waals surface area (Å²) < 4.78 is 0. The van der Waals surface area contributed by atoms with Gasteiger partial charge >= 0.3 is 0 Å². The summed E-state index contributed by atoms with van der Waals surface area (Å²) >= 11 is 0. The van der Waals surface area contributed by atoms with Crippen LogP contribution in [-0.2, 0) is 0 Å². The highest BCUT2D eigenvalue weighted by molar-refractivity contribution is 4.94. The van der Waals surface area contributed by atoms with E-state index >= 15 is 0 Å². The SMILES string of the molecule is CN(C)C(C)(C)CNC1CCCC1C1CCCCN1. The Hall–Kier alpha value is -0.120. The van der Waals surface area contributed by atoms with Gasteiger partial charge in [-0.2, -0.15) is 0 Å². The Morgan fingerprint density at radius 2 is 1.89 bits per heavy atom. The molecule has 1 saturated heterocycles. The predicted molar refractivity (Wildman–Crippen MR) is 82.5 cm³/mol. The summed E-state index contributed by atoms with van der Waals surface area (Å²) in [6.07, 6.45) is 8.37. The zero-order chi connectivity index (χ0) is 13.9. The summed E-state index contributed by atoms with van der Waals surface area (Å²) in [6, 6.07) is 1.51. The first-order chi connectivity index (χ1) is 9.00. The predicted octanol–water partition coefficient (Wildman–Crippen LogP) is 2.23. The molecule has 0 aromatic heterocycles. The average molecular weight is 267 g/mol. The number of piperidine rings is 1. The second-order valence-electron chi connectivity index (χ2n) is 7.35. The number of nitrogens with zero attached hydrogens (tertiary/aromatic N) is 1. The van der Waals surface area contributed by atoms with Crippen molar-refractivity contribution in [1.82, 2.24) is 15.5 Å². The van der Waals surface area contributed by atoms with Crippen molar-refractivity contribution in [1.29, 1.82) is 0 Å². The molecule has 0 amide bonds. The lowest BCUT2D eigenvalue weighted by Gasteiger charge is -2.37. The third kappa shape index (κ3) is 3.93. The van der Waals surface area contributed by atoms with E-state index in [1.54, 1.807) is 0 Å². The molecule has 112 valence electrons. The molecular weight excluding hydrogens is 234 g/mol. The van der Waals surface area contributed by atoms with Crippen LogP contribution in [-0.4, -0.2) is 49.7 Å². The van der Waals surface area contributed by atoms with E-state index in [9.17, 15) is 0 Å². The molecule has 0 bridgehead atoms. The van der Waals surface area contributed by atoms with Crippen LogP contribution in [0.2, 0.25) is 0 Å². The van der Waals surface area contributed by atoms with Gasteiger partial charge in [0.05, 0.1) is 0 Å². The van der Waals surface area contributed by atoms with E-state index in [1.807, 2.05) is 0 Å². The van der Waals surface area contributed by atoms with Crippen molar-refractivity contribution in [3.05, 3.63) is 0 Å². The second-order valence-corrected chi connectivity index (χ2v) is 7.35. The Bertz CT molecular complexity index is 269. The second kappa shape index (κ2) is 6.55. The fourth-order valence-corrected chi connectivity index (χ4v) is 3.51. The van der Waals surface area contributed by atoms with E-state index in [1.165, 1.54) is 45.1 Å². The molecule has 2 fully saturated rings. The lowest BCUT2D eigenvalue weighted by molar-refractivity contribution is 0.172. The molecule has 1 aliphatic heterocycles. The summed E-state index contributed by atoms with van der Waals surface area (Å²) in [6.45, 7) is 6.97. The average Bonchev–Trinajstić information content (AvgIpc) is 2.85. The maximum absolute atomic E-state index is 3.87. The summed E-state index contributed by atoms with van der Waals surface area (Å²) in [5.74, 6) is 0.860. The lowest BCUT2D eigenvalue weighted by atomic mass is 9.88. The van der Waals surface area contributed by atoms with Crippen LogP contribution < -0.4 is 10.6 Å². The van der Waals surface area contributed by atoms with Gasteiger partial charge in [0.2, 0.25) is 0 Å². The van der Waals surface area contributed by atoms with E-state index in [-0.39, 0.29) is 5.54 Å². The minimum absolute atomic E-state index is 0.243. The number of rotatable bonds is 5. The molecule has 0 aromatic rings. The Balaban J connectivity index is 1.85. The van der Waals surface area contributed by atoms with E-state index in [4.69, 9.17) is 0 Å². The van der Waals surface area contributed by atoms with Gasteiger partial charge < -0.3 is 15.5 Å². The van der Waals surface area contributed by atoms with Gasteiger partial charge in [0.1, 0.15) is 0 Å². The molecule has 1 heterocycles. The molecule has 1 saturated carbocycles. The van der Waals surface area contributed by atoms with Gasteiger partial charge in [-0.3, -0.25) is 0 Å². The van der Waals surface area contributed by atoms with Crippen LogP contribution in [0.25, 0.3) is 0 Å². The van der Waals surface area contributed by atoms with E-state index < -0.39 is 0 Å². The van der Waals surface area contributed by atoms with Crippen LogP contribution in [0.1, 0.15) is 52.4 Å². The van der Waals surface area contributed by atoms with Crippen molar-refractivity contribution in [3.8, 4) is 0 Å². The Kier molecular flexibility index (Phi) is 5.27. The largest absolute Gasteiger partial charge is 0.314 e. The molecule has 0 aromatic carbocycles. The van der Waals surface area contributed by atoms with Crippen molar-refractivity contribution >= 4 is 0 Å². The van der Waals surface area contributed by atoms with Crippen LogP contribution in [0.5, 0.6) is 0 Å². The quantitative estimate of drug-likeness (QED) is 0.800. The molecule has 0 spiro atoms. The molecule has 19 heavy (non-hydrogen) atoms. The molecule has 2 N–H and O–H groups in total. The highest BCUT2D eigenvalue weighted by Crippen LogP contribution is 2.32. The minimum atomic E-state index is 0.243. The molecule has 3 unspecified atom stereocenters. The molecule has 3 nitrogen and oxygen atoms in total. The van der Waals surface area contributed by atoms with Crippen molar-refractivity contribution in [2.45, 2.75) is 70.0 Å². The van der Waals surface area contributed by atoms with Gasteiger partial charge in [-0.1, -0.05) is 12.8 Å². The third-order valence-corrected chi connectivity index (χ3v) is 5.44. The fourth-order valence-electron chi connectivity index (χ4n) is 3.51. The third-order valence-electron chi connectivity index (χ3n) is 5.44. The highest BCUT2D eigenvalue weighted by Gasteiger charge is 2.35. The first kappa shape index (κ1) is 15.3. The summed E-state index contributed by atoms with van der Waals surface area (Å²) in [5, 5.41) is 7.63. The van der Waals surface area contributed by atoms with Crippen molar-refractivity contribution < 1.29 is 0 Å². The lowest BCUT2D eigenvalue weighted by Crippen LogP contribution is -2.52. The van der Waals surface area contributed by atoms with Crippen LogP contribution in [0.15, 0.2) is 0 Å². The van der Waals surface area contributed by atoms with Gasteiger partial charge in [0.25, 0.3) is 0 Å². The summed E-state index contributed by atoms with van der Waals surface area (Å²) in [7, 11) is 4.35. The first-order valence-electron chi connectivity index (χ1n) is 8.15. The Morgan fingerprint density at radius 1 is 1.11 bits per heavy atom. The molecular formula is C16H33N3. The first-order valence-corrected chi connectivity index (χ1v) is 8.15. The minimum Gasteiger partial charge on any atom is -0.314 e. The standard InChI is InChI=1S/C16H33N3/c1-16(2,19(3)4)12-18-15-10-7-8-13(15)14-9-5-6-11-17-14/h13-15,17-18H,5-12H2,1-4H3.